The number of benzene rings is 1. The summed E-state index contributed by atoms with van der Waals surface area (Å²) in [5.74, 6) is 0.200. The Balaban J connectivity index is 1.90. The number of nitrogens with zero attached hydrogens (tertiary/aromatic N) is 3. The number of hydrogen-bond acceptors (Lipinski definition) is 5. The Labute approximate surface area is 172 Å². The number of hydrogen-bond donors (Lipinski definition) is 1. The van der Waals surface area contributed by atoms with Crippen LogP contribution in [0.3, 0.4) is 0 Å². The van der Waals surface area contributed by atoms with Gasteiger partial charge in [0.25, 0.3) is 5.56 Å². The molecule has 28 heavy (non-hydrogen) atoms. The number of rotatable bonds is 6. The van der Waals surface area contributed by atoms with Crippen molar-refractivity contribution in [3.63, 3.8) is 0 Å². The zero-order valence-corrected chi connectivity index (χ0v) is 17.4. The van der Waals surface area contributed by atoms with Gasteiger partial charge in [0.1, 0.15) is 5.82 Å². The zero-order chi connectivity index (χ0) is 20.3. The first-order valence-electron chi connectivity index (χ1n) is 9.01. The molecule has 1 aromatic carbocycles. The van der Waals surface area contributed by atoms with E-state index in [0.29, 0.717) is 26.9 Å². The molecule has 8 heteroatoms. The lowest BCUT2D eigenvalue weighted by molar-refractivity contribution is -0.115. The third-order valence-electron chi connectivity index (χ3n) is 4.44. The lowest BCUT2D eigenvalue weighted by atomic mass is 10.2. The summed E-state index contributed by atoms with van der Waals surface area (Å²) >= 11 is 7.08. The van der Waals surface area contributed by atoms with Crippen molar-refractivity contribution < 1.29 is 4.79 Å². The molecule has 0 saturated heterocycles. The summed E-state index contributed by atoms with van der Waals surface area (Å²) < 4.78 is 1.68. The topological polar surface area (TPSA) is 76.9 Å². The maximum atomic E-state index is 13.0. The fraction of sp³-hybridized carbons (Fsp3) is 0.300. The second kappa shape index (κ2) is 8.75. The fourth-order valence-electron chi connectivity index (χ4n) is 2.67. The summed E-state index contributed by atoms with van der Waals surface area (Å²) in [7, 11) is 0. The molecule has 0 saturated carbocycles. The van der Waals surface area contributed by atoms with Crippen molar-refractivity contribution >= 4 is 46.0 Å². The van der Waals surface area contributed by atoms with Crippen LogP contribution in [0.2, 0.25) is 5.02 Å². The van der Waals surface area contributed by atoms with Gasteiger partial charge < -0.3 is 5.32 Å². The molecule has 0 spiro atoms. The van der Waals surface area contributed by atoms with Gasteiger partial charge in [-0.05, 0) is 44.5 Å². The lowest BCUT2D eigenvalue weighted by Crippen LogP contribution is -2.28. The van der Waals surface area contributed by atoms with Gasteiger partial charge in [0.05, 0.1) is 21.2 Å². The number of halogens is 1. The first kappa shape index (κ1) is 20.4. The number of amides is 1. The van der Waals surface area contributed by atoms with Gasteiger partial charge in [-0.25, -0.2) is 9.97 Å². The standard InChI is InChI=1S/C20H21ClN4O2S/c1-4-12(2)25-19(27)15-7-5-6-8-16(15)23-20(25)28-13(3)18(26)24-17-10-9-14(21)11-22-17/h5-13H,4H2,1-3H3,(H,22,24,26)/t12-,13-/m0/s1. The molecule has 0 aliphatic carbocycles. The van der Waals surface area contributed by atoms with Gasteiger partial charge in [0, 0.05) is 12.2 Å². The minimum absolute atomic E-state index is 0.0275. The van der Waals surface area contributed by atoms with Crippen LogP contribution in [-0.4, -0.2) is 25.7 Å². The number of anilines is 1. The van der Waals surface area contributed by atoms with Crippen LogP contribution in [0, 0.1) is 0 Å². The fourth-order valence-corrected chi connectivity index (χ4v) is 3.79. The number of fused-ring (bicyclic) bond motifs is 1. The minimum atomic E-state index is -0.471. The summed E-state index contributed by atoms with van der Waals surface area (Å²) in [5, 5.41) is 3.90. The van der Waals surface area contributed by atoms with Crippen LogP contribution in [0.4, 0.5) is 5.82 Å². The van der Waals surface area contributed by atoms with Gasteiger partial charge in [-0.1, -0.05) is 42.4 Å². The molecule has 2 heterocycles. The number of nitrogens with one attached hydrogen (secondary N) is 1. The second-order valence-corrected chi connectivity index (χ2v) is 8.20. The maximum absolute atomic E-state index is 13.0. The minimum Gasteiger partial charge on any atom is -0.310 e. The van der Waals surface area contributed by atoms with E-state index in [1.54, 1.807) is 29.7 Å². The Morgan fingerprint density at radius 1 is 1.25 bits per heavy atom. The molecule has 1 amide bonds. The third-order valence-corrected chi connectivity index (χ3v) is 5.73. The van der Waals surface area contributed by atoms with E-state index in [4.69, 9.17) is 11.6 Å². The molecular formula is C20H21ClN4O2S. The molecule has 6 nitrogen and oxygen atoms in total. The molecule has 0 radical (unpaired) electrons. The highest BCUT2D eigenvalue weighted by Crippen LogP contribution is 2.26. The highest BCUT2D eigenvalue weighted by atomic mass is 35.5. The van der Waals surface area contributed by atoms with Crippen LogP contribution in [0.5, 0.6) is 0 Å². The summed E-state index contributed by atoms with van der Waals surface area (Å²) in [5.41, 5.74) is 0.538. The quantitative estimate of drug-likeness (QED) is 0.471. The Bertz CT molecular complexity index is 1050. The largest absolute Gasteiger partial charge is 0.310 e. The Hall–Kier alpha value is -2.38. The Kier molecular flexibility index (Phi) is 6.36. The number of aromatic nitrogens is 3. The van der Waals surface area contributed by atoms with Gasteiger partial charge in [-0.15, -0.1) is 0 Å². The molecule has 2 aromatic heterocycles. The lowest BCUT2D eigenvalue weighted by Gasteiger charge is -2.20. The average Bonchev–Trinajstić information content (AvgIpc) is 2.69. The smallest absolute Gasteiger partial charge is 0.262 e. The van der Waals surface area contributed by atoms with Crippen LogP contribution in [0.25, 0.3) is 10.9 Å². The average molecular weight is 417 g/mol. The van der Waals surface area contributed by atoms with Gasteiger partial charge in [0.2, 0.25) is 5.91 Å². The molecule has 3 aromatic rings. The van der Waals surface area contributed by atoms with Gasteiger partial charge in [-0.3, -0.25) is 14.2 Å². The van der Waals surface area contributed by atoms with Crippen molar-refractivity contribution in [1.29, 1.82) is 0 Å². The molecule has 0 fully saturated rings. The van der Waals surface area contributed by atoms with E-state index in [2.05, 4.69) is 15.3 Å². The molecular weight excluding hydrogens is 396 g/mol. The first-order chi connectivity index (χ1) is 13.4. The monoisotopic (exact) mass is 416 g/mol. The van der Waals surface area contributed by atoms with Crippen molar-refractivity contribution in [2.45, 2.75) is 43.6 Å². The van der Waals surface area contributed by atoms with Crippen molar-refractivity contribution in [3.8, 4) is 0 Å². The molecule has 146 valence electrons. The second-order valence-electron chi connectivity index (χ2n) is 6.45. The van der Waals surface area contributed by atoms with E-state index in [9.17, 15) is 9.59 Å². The normalized spacial score (nSPS) is 13.3. The summed E-state index contributed by atoms with van der Waals surface area (Å²) in [4.78, 5) is 34.3. The highest BCUT2D eigenvalue weighted by molar-refractivity contribution is 8.00. The predicted molar refractivity (Wildman–Crippen MR) is 114 cm³/mol. The number of pyridine rings is 1. The molecule has 3 rings (SSSR count). The van der Waals surface area contributed by atoms with Crippen molar-refractivity contribution in [2.24, 2.45) is 0 Å². The van der Waals surface area contributed by atoms with E-state index >= 15 is 0 Å². The van der Waals surface area contributed by atoms with Crippen LogP contribution in [0.15, 0.2) is 52.5 Å². The van der Waals surface area contributed by atoms with E-state index in [1.807, 2.05) is 32.0 Å². The Morgan fingerprint density at radius 2 is 2.00 bits per heavy atom. The van der Waals surface area contributed by atoms with Gasteiger partial charge in [0.15, 0.2) is 5.16 Å². The third kappa shape index (κ3) is 4.36. The van der Waals surface area contributed by atoms with Crippen molar-refractivity contribution in [1.82, 2.24) is 14.5 Å². The van der Waals surface area contributed by atoms with Crippen LogP contribution >= 0.6 is 23.4 Å². The maximum Gasteiger partial charge on any atom is 0.262 e. The van der Waals surface area contributed by atoms with E-state index < -0.39 is 5.25 Å². The van der Waals surface area contributed by atoms with Crippen LogP contribution < -0.4 is 10.9 Å². The molecule has 1 N–H and O–H groups in total. The molecule has 0 aliphatic heterocycles. The SMILES string of the molecule is CC[C@H](C)n1c(S[C@@H](C)C(=O)Nc2ccc(Cl)cn2)nc2ccccc2c1=O. The van der Waals surface area contributed by atoms with Crippen molar-refractivity contribution in [3.05, 3.63) is 58.0 Å². The zero-order valence-electron chi connectivity index (χ0n) is 15.8. The number of carbonyl (C=O) groups is 1. The number of carbonyl (C=O) groups excluding carboxylic acids is 1. The molecule has 2 atom stereocenters. The molecule has 0 aliphatic rings. The van der Waals surface area contributed by atoms with E-state index in [-0.39, 0.29) is 17.5 Å². The Morgan fingerprint density at radius 3 is 2.68 bits per heavy atom. The van der Waals surface area contributed by atoms with Crippen molar-refractivity contribution in [2.75, 3.05) is 5.32 Å². The van der Waals surface area contributed by atoms with E-state index in [0.717, 1.165) is 6.42 Å². The number of para-hydroxylation sites is 1. The van der Waals surface area contributed by atoms with Gasteiger partial charge >= 0.3 is 0 Å². The van der Waals surface area contributed by atoms with Crippen LogP contribution in [0.1, 0.15) is 33.2 Å². The highest BCUT2D eigenvalue weighted by Gasteiger charge is 2.21. The first-order valence-corrected chi connectivity index (χ1v) is 10.3. The molecule has 0 bridgehead atoms. The summed E-state index contributed by atoms with van der Waals surface area (Å²) in [6.45, 7) is 5.77. The molecule has 0 unspecified atom stereocenters. The van der Waals surface area contributed by atoms with Crippen LogP contribution in [-0.2, 0) is 4.79 Å². The summed E-state index contributed by atoms with van der Waals surface area (Å²) in [6, 6.07) is 10.5. The predicted octanol–water partition coefficient (Wildman–Crippen LogP) is 4.54. The van der Waals surface area contributed by atoms with E-state index in [1.165, 1.54) is 18.0 Å². The summed E-state index contributed by atoms with van der Waals surface area (Å²) in [6.07, 6.45) is 2.25. The van der Waals surface area contributed by atoms with Gasteiger partial charge in [-0.2, -0.15) is 0 Å². The number of thioether (sulfide) groups is 1.